The van der Waals surface area contributed by atoms with Crippen LogP contribution >= 0.6 is 0 Å². The maximum absolute atomic E-state index is 12.3. The molecule has 0 saturated heterocycles. The third kappa shape index (κ3) is 3.63. The Morgan fingerprint density at radius 2 is 1.83 bits per heavy atom. The number of hydrogen-bond donors (Lipinski definition) is 1. The van der Waals surface area contributed by atoms with Crippen LogP contribution < -0.4 is 14.8 Å². The Labute approximate surface area is 135 Å². The van der Waals surface area contributed by atoms with Gasteiger partial charge in [-0.3, -0.25) is 4.79 Å². The van der Waals surface area contributed by atoms with Crippen LogP contribution in [0.4, 0.5) is 0 Å². The van der Waals surface area contributed by atoms with Gasteiger partial charge in [0.1, 0.15) is 0 Å². The van der Waals surface area contributed by atoms with Crippen molar-refractivity contribution in [2.24, 2.45) is 0 Å². The lowest BCUT2D eigenvalue weighted by Gasteiger charge is -2.14. The second-order valence-electron chi connectivity index (χ2n) is 5.76. The third-order valence-electron chi connectivity index (χ3n) is 3.68. The van der Waals surface area contributed by atoms with Crippen molar-refractivity contribution in [2.75, 3.05) is 20.9 Å². The maximum Gasteiger partial charge on any atom is 0.251 e. The minimum absolute atomic E-state index is 0.122. The van der Waals surface area contributed by atoms with Crippen molar-refractivity contribution in [1.29, 1.82) is 0 Å². The van der Waals surface area contributed by atoms with Crippen LogP contribution in [-0.2, 0) is 13.1 Å². The molecule has 120 valence electrons. The molecule has 0 spiro atoms. The number of ether oxygens (including phenoxy) is 2. The lowest BCUT2D eigenvalue weighted by molar-refractivity contribution is 0.0950. The molecule has 1 heterocycles. The average Bonchev–Trinajstić information content (AvgIpc) is 3.00. The normalized spacial score (nSPS) is 12.5. The van der Waals surface area contributed by atoms with E-state index in [9.17, 15) is 4.79 Å². The van der Waals surface area contributed by atoms with Crippen LogP contribution in [0, 0.1) is 0 Å². The molecule has 0 aliphatic carbocycles. The fourth-order valence-electron chi connectivity index (χ4n) is 2.54. The molecule has 1 N–H and O–H groups in total. The van der Waals surface area contributed by atoms with Crippen molar-refractivity contribution in [1.82, 2.24) is 10.2 Å². The van der Waals surface area contributed by atoms with Crippen LogP contribution in [0.3, 0.4) is 0 Å². The van der Waals surface area contributed by atoms with Crippen molar-refractivity contribution >= 4 is 5.91 Å². The first-order chi connectivity index (χ1) is 11.1. The smallest absolute Gasteiger partial charge is 0.251 e. The number of nitrogens with one attached hydrogen (secondary N) is 1. The van der Waals surface area contributed by atoms with Crippen molar-refractivity contribution in [3.63, 3.8) is 0 Å². The Bertz CT molecular complexity index is 713. The van der Waals surface area contributed by atoms with Crippen molar-refractivity contribution in [3.05, 3.63) is 59.2 Å². The van der Waals surface area contributed by atoms with E-state index in [4.69, 9.17) is 9.47 Å². The van der Waals surface area contributed by atoms with Gasteiger partial charge in [0, 0.05) is 18.7 Å². The highest BCUT2D eigenvalue weighted by atomic mass is 16.7. The van der Waals surface area contributed by atoms with Gasteiger partial charge < -0.3 is 19.7 Å². The summed E-state index contributed by atoms with van der Waals surface area (Å²) >= 11 is 0. The Morgan fingerprint density at radius 1 is 1.09 bits per heavy atom. The van der Waals surface area contributed by atoms with Gasteiger partial charge in [-0.05, 0) is 43.4 Å². The van der Waals surface area contributed by atoms with E-state index in [2.05, 4.69) is 16.3 Å². The van der Waals surface area contributed by atoms with Crippen LogP contribution in [0.25, 0.3) is 0 Å². The molecule has 0 bridgehead atoms. The molecule has 5 nitrogen and oxygen atoms in total. The predicted molar refractivity (Wildman–Crippen MR) is 87.6 cm³/mol. The Hall–Kier alpha value is -2.53. The number of rotatable bonds is 5. The summed E-state index contributed by atoms with van der Waals surface area (Å²) < 4.78 is 10.6. The zero-order valence-corrected chi connectivity index (χ0v) is 13.3. The quantitative estimate of drug-likeness (QED) is 0.921. The lowest BCUT2D eigenvalue weighted by Crippen LogP contribution is -2.24. The average molecular weight is 312 g/mol. The highest BCUT2D eigenvalue weighted by molar-refractivity contribution is 5.94. The first-order valence-electron chi connectivity index (χ1n) is 7.53. The Kier molecular flexibility index (Phi) is 4.48. The molecule has 0 atom stereocenters. The topological polar surface area (TPSA) is 50.8 Å². The number of benzene rings is 2. The van der Waals surface area contributed by atoms with Gasteiger partial charge in [0.15, 0.2) is 11.5 Å². The zero-order chi connectivity index (χ0) is 16.2. The highest BCUT2D eigenvalue weighted by Crippen LogP contribution is 2.32. The number of amides is 1. The molecule has 2 aromatic rings. The predicted octanol–water partition coefficient (Wildman–Crippen LogP) is 2.41. The first-order valence-corrected chi connectivity index (χ1v) is 7.53. The van der Waals surface area contributed by atoms with E-state index >= 15 is 0 Å². The van der Waals surface area contributed by atoms with Crippen molar-refractivity contribution < 1.29 is 14.3 Å². The highest BCUT2D eigenvalue weighted by Gasteiger charge is 2.16. The van der Waals surface area contributed by atoms with Crippen LogP contribution in [0.2, 0.25) is 0 Å². The molecule has 3 rings (SSSR count). The molecular formula is C18H20N2O3. The molecule has 0 fully saturated rings. The van der Waals surface area contributed by atoms with Gasteiger partial charge >= 0.3 is 0 Å². The molecule has 1 aliphatic heterocycles. The second-order valence-corrected chi connectivity index (χ2v) is 5.76. The molecule has 2 aromatic carbocycles. The summed E-state index contributed by atoms with van der Waals surface area (Å²) in [6.07, 6.45) is 0. The third-order valence-corrected chi connectivity index (χ3v) is 3.68. The standard InChI is InChI=1S/C18H20N2O3/c1-20(2)11-15-6-4-3-5-14(15)10-19-18(21)13-7-8-16-17(9-13)23-12-22-16/h3-9H,10-12H2,1-2H3,(H,19,21). The number of carbonyl (C=O) groups excluding carboxylic acids is 1. The van der Waals surface area contributed by atoms with Gasteiger partial charge in [-0.2, -0.15) is 0 Å². The summed E-state index contributed by atoms with van der Waals surface area (Å²) in [6, 6.07) is 13.3. The van der Waals surface area contributed by atoms with Gasteiger partial charge in [-0.1, -0.05) is 24.3 Å². The molecular weight excluding hydrogens is 292 g/mol. The number of fused-ring (bicyclic) bond motifs is 1. The molecule has 1 amide bonds. The summed E-state index contributed by atoms with van der Waals surface area (Å²) in [7, 11) is 4.06. The largest absolute Gasteiger partial charge is 0.454 e. The van der Waals surface area contributed by atoms with Gasteiger partial charge in [0.05, 0.1) is 0 Å². The fraction of sp³-hybridized carbons (Fsp3) is 0.278. The molecule has 0 radical (unpaired) electrons. The van der Waals surface area contributed by atoms with Gasteiger partial charge in [0.25, 0.3) is 5.91 Å². The van der Waals surface area contributed by atoms with E-state index in [1.165, 1.54) is 5.56 Å². The van der Waals surface area contributed by atoms with E-state index in [-0.39, 0.29) is 12.7 Å². The van der Waals surface area contributed by atoms with E-state index in [1.54, 1.807) is 18.2 Å². The van der Waals surface area contributed by atoms with Crippen molar-refractivity contribution in [2.45, 2.75) is 13.1 Å². The summed E-state index contributed by atoms with van der Waals surface area (Å²) in [5, 5.41) is 2.97. The number of nitrogens with zero attached hydrogens (tertiary/aromatic N) is 1. The monoisotopic (exact) mass is 312 g/mol. The van der Waals surface area contributed by atoms with Crippen LogP contribution in [-0.4, -0.2) is 31.7 Å². The lowest BCUT2D eigenvalue weighted by atomic mass is 10.1. The van der Waals surface area contributed by atoms with Crippen LogP contribution in [0.1, 0.15) is 21.5 Å². The Balaban J connectivity index is 1.67. The number of carbonyl (C=O) groups is 1. The first kappa shape index (κ1) is 15.4. The molecule has 1 aliphatic rings. The molecule has 23 heavy (non-hydrogen) atoms. The summed E-state index contributed by atoms with van der Waals surface area (Å²) in [5.74, 6) is 1.17. The van der Waals surface area contributed by atoms with E-state index in [1.807, 2.05) is 32.3 Å². The van der Waals surface area contributed by atoms with Gasteiger partial charge in [-0.25, -0.2) is 0 Å². The van der Waals surface area contributed by atoms with E-state index in [0.29, 0.717) is 23.6 Å². The van der Waals surface area contributed by atoms with Crippen LogP contribution in [0.5, 0.6) is 11.5 Å². The summed E-state index contributed by atoms with van der Waals surface area (Å²) in [5.41, 5.74) is 2.90. The summed E-state index contributed by atoms with van der Waals surface area (Å²) in [4.78, 5) is 14.4. The van der Waals surface area contributed by atoms with E-state index < -0.39 is 0 Å². The minimum atomic E-state index is -0.122. The zero-order valence-electron chi connectivity index (χ0n) is 13.3. The molecule has 0 unspecified atom stereocenters. The molecule has 5 heteroatoms. The van der Waals surface area contributed by atoms with Gasteiger partial charge in [-0.15, -0.1) is 0 Å². The molecule has 0 saturated carbocycles. The maximum atomic E-state index is 12.3. The summed E-state index contributed by atoms with van der Waals surface area (Å²) in [6.45, 7) is 1.55. The van der Waals surface area contributed by atoms with Crippen molar-refractivity contribution in [3.8, 4) is 11.5 Å². The molecule has 0 aromatic heterocycles. The minimum Gasteiger partial charge on any atom is -0.454 e. The number of hydrogen-bond acceptors (Lipinski definition) is 4. The van der Waals surface area contributed by atoms with E-state index in [0.717, 1.165) is 12.1 Å². The second kappa shape index (κ2) is 6.71. The fourth-order valence-corrected chi connectivity index (χ4v) is 2.54. The van der Waals surface area contributed by atoms with Crippen LogP contribution in [0.15, 0.2) is 42.5 Å². The van der Waals surface area contributed by atoms with Gasteiger partial charge in [0.2, 0.25) is 6.79 Å². The SMILES string of the molecule is CN(C)Cc1ccccc1CNC(=O)c1ccc2c(c1)OCO2. The Morgan fingerprint density at radius 3 is 2.61 bits per heavy atom.